The van der Waals surface area contributed by atoms with Crippen molar-refractivity contribution >= 4 is 66.8 Å². The zero-order chi connectivity index (χ0) is 12.0. The average Bonchev–Trinajstić information content (AvgIpc) is 2.65. The van der Waals surface area contributed by atoms with Crippen molar-refractivity contribution in [1.82, 2.24) is 0 Å². The summed E-state index contributed by atoms with van der Waals surface area (Å²) in [7, 11) is -3.67. The fourth-order valence-corrected chi connectivity index (χ4v) is 3.36. The van der Waals surface area contributed by atoms with Gasteiger partial charge in [0.2, 0.25) is 0 Å². The fraction of sp³-hybridized carbons (Fsp3) is 0. The standard InChI is InChI=1S/C10H7S.BF3.K/c1-2-5-9(6-3-1)10-7-4-8-11-10;2-1(3)4;/h1-7H;;. The molecule has 2 rings (SSSR count). The molecule has 78 valence electrons. The van der Waals surface area contributed by atoms with E-state index in [1.807, 2.05) is 11.3 Å². The predicted octanol–water partition coefficient (Wildman–Crippen LogP) is 3.09. The van der Waals surface area contributed by atoms with Crippen LogP contribution in [0.15, 0.2) is 42.5 Å². The Hall–Kier alpha value is 0.411. The van der Waals surface area contributed by atoms with E-state index in [0.717, 1.165) is 49.0 Å². The topological polar surface area (TPSA) is 0 Å². The molecule has 0 N–H and O–H groups in total. The van der Waals surface area contributed by atoms with E-state index in [-0.39, 0.29) is 0 Å². The molecule has 0 spiro atoms. The Morgan fingerprint density at radius 1 is 0.938 bits per heavy atom. The summed E-state index contributed by atoms with van der Waals surface area (Å²) >= 11 is 2.75. The van der Waals surface area contributed by atoms with Crippen LogP contribution in [0.25, 0.3) is 10.4 Å². The Morgan fingerprint density at radius 2 is 1.50 bits per heavy atom. The molecule has 0 saturated heterocycles. The van der Waals surface area contributed by atoms with E-state index in [1.54, 1.807) is -1.03 Å². The molecular formula is C10H7BF3KS. The monoisotopic (exact) mass is 266 g/mol. The van der Waals surface area contributed by atoms with Gasteiger partial charge in [-0.05, 0) is 0 Å². The first-order valence-electron chi connectivity index (χ1n) is 4.63. The molecule has 0 nitrogen and oxygen atoms in total. The quantitative estimate of drug-likeness (QED) is 0.696. The molecule has 0 unspecified atom stereocenters. The number of thiophene rings is 1. The second-order valence-electron chi connectivity index (χ2n) is 3.02. The van der Waals surface area contributed by atoms with Gasteiger partial charge in [-0.15, -0.1) is 0 Å². The van der Waals surface area contributed by atoms with Crippen LogP contribution in [-0.2, 0) is 0 Å². The molecule has 0 saturated carbocycles. The summed E-state index contributed by atoms with van der Waals surface area (Å²) in [4.78, 5) is 1.40. The number of halogens is 3. The summed E-state index contributed by atoms with van der Waals surface area (Å²) in [6.45, 7) is 0. The summed E-state index contributed by atoms with van der Waals surface area (Å²) in [5, 5.41) is 0. The van der Waals surface area contributed by atoms with Gasteiger partial charge in [0.15, 0.2) is 0 Å². The Balaban J connectivity index is 0.000000280. The van der Waals surface area contributed by atoms with Crippen molar-refractivity contribution in [2.24, 2.45) is 0 Å². The van der Waals surface area contributed by atoms with Gasteiger partial charge in [-0.2, -0.15) is 0 Å². The van der Waals surface area contributed by atoms with Crippen molar-refractivity contribution in [3.63, 3.8) is 0 Å². The van der Waals surface area contributed by atoms with Gasteiger partial charge in [0.25, 0.3) is 0 Å². The number of rotatable bonds is 1. The van der Waals surface area contributed by atoms with Gasteiger partial charge in [0, 0.05) is 0 Å². The molecule has 0 bridgehead atoms. The van der Waals surface area contributed by atoms with Crippen molar-refractivity contribution in [1.29, 1.82) is 0 Å². The number of hydrogen-bond donors (Lipinski definition) is 0. The Morgan fingerprint density at radius 3 is 1.94 bits per heavy atom. The van der Waals surface area contributed by atoms with Gasteiger partial charge in [0.05, 0.1) is 0 Å². The van der Waals surface area contributed by atoms with Crippen LogP contribution in [0, 0.1) is 0 Å². The fourth-order valence-electron chi connectivity index (χ4n) is 1.19. The molecule has 0 fully saturated rings. The Labute approximate surface area is 131 Å². The number of hydrogen-bond acceptors (Lipinski definition) is 1. The summed E-state index contributed by atoms with van der Waals surface area (Å²) in [5.41, 5.74) is 1.35. The zero-order valence-electron chi connectivity index (χ0n) is 8.66. The van der Waals surface area contributed by atoms with Gasteiger partial charge in [-0.25, -0.2) is 0 Å². The first kappa shape index (κ1) is 14.5. The first-order valence-corrected chi connectivity index (χ1v) is 7.01. The van der Waals surface area contributed by atoms with Crippen molar-refractivity contribution in [3.8, 4) is 10.4 Å². The van der Waals surface area contributed by atoms with E-state index in [2.05, 4.69) is 42.5 Å². The van der Waals surface area contributed by atoms with E-state index in [0.29, 0.717) is 0 Å². The third-order valence-electron chi connectivity index (χ3n) is 1.80. The normalized spacial score (nSPS) is 9.31. The number of benzene rings is 1. The van der Waals surface area contributed by atoms with Crippen LogP contribution in [0.5, 0.6) is 0 Å². The summed E-state index contributed by atoms with van der Waals surface area (Å²) < 4.78 is 30.6. The van der Waals surface area contributed by atoms with Gasteiger partial charge >= 0.3 is 120 Å². The van der Waals surface area contributed by atoms with Crippen molar-refractivity contribution in [2.75, 3.05) is 0 Å². The van der Waals surface area contributed by atoms with Crippen LogP contribution < -0.4 is -1.03 Å². The average molecular weight is 266 g/mol. The summed E-state index contributed by atoms with van der Waals surface area (Å²) in [6.07, 6.45) is 0. The second-order valence-corrected chi connectivity index (χ2v) is 7.13. The SMILES string of the molecule is FB(F)F.[K][c]1ccc(-c2ccccc2)s1. The molecule has 2 aromatic rings. The molecule has 16 heavy (non-hydrogen) atoms. The first-order chi connectivity index (χ1) is 7.59. The molecule has 0 aliphatic heterocycles. The summed E-state index contributed by atoms with van der Waals surface area (Å²) in [6, 6.07) is 15.0. The molecular weight excluding hydrogens is 259 g/mol. The maximum absolute atomic E-state index is 9.67. The van der Waals surface area contributed by atoms with Gasteiger partial charge in [-0.1, -0.05) is 0 Å². The molecule has 6 heteroatoms. The van der Waals surface area contributed by atoms with Crippen molar-refractivity contribution in [2.45, 2.75) is 0 Å². The van der Waals surface area contributed by atoms with E-state index < -0.39 is 7.54 Å². The van der Waals surface area contributed by atoms with E-state index in [1.165, 1.54) is 10.4 Å². The van der Waals surface area contributed by atoms with Gasteiger partial charge in [0.1, 0.15) is 0 Å². The minimum atomic E-state index is -3.67. The molecule has 0 radical (unpaired) electrons. The van der Waals surface area contributed by atoms with E-state index in [4.69, 9.17) is 0 Å². The second kappa shape index (κ2) is 7.68. The van der Waals surface area contributed by atoms with Crippen LogP contribution in [0.2, 0.25) is 0 Å². The van der Waals surface area contributed by atoms with Crippen molar-refractivity contribution < 1.29 is 12.9 Å². The van der Waals surface area contributed by atoms with Crippen LogP contribution in [0.4, 0.5) is 12.9 Å². The predicted molar refractivity (Wildman–Crippen MR) is 64.2 cm³/mol. The molecule has 1 aromatic carbocycles. The van der Waals surface area contributed by atoms with Gasteiger partial charge < -0.3 is 0 Å². The van der Waals surface area contributed by atoms with E-state index in [9.17, 15) is 12.9 Å². The third-order valence-corrected chi connectivity index (χ3v) is 4.33. The molecule has 1 aromatic heterocycles. The van der Waals surface area contributed by atoms with Crippen LogP contribution in [0.1, 0.15) is 0 Å². The van der Waals surface area contributed by atoms with Gasteiger partial charge in [-0.3, -0.25) is 12.9 Å². The molecule has 0 atom stereocenters. The molecule has 0 aliphatic rings. The molecule has 1 heterocycles. The van der Waals surface area contributed by atoms with E-state index >= 15 is 0 Å². The molecule has 0 amide bonds. The minimum absolute atomic E-state index is 0.824. The summed E-state index contributed by atoms with van der Waals surface area (Å²) in [5.74, 6) is 0. The van der Waals surface area contributed by atoms with Crippen molar-refractivity contribution in [3.05, 3.63) is 42.5 Å². The molecule has 0 aliphatic carbocycles. The zero-order valence-corrected chi connectivity index (χ0v) is 12.6. The maximum atomic E-state index is 9.67. The van der Waals surface area contributed by atoms with Crippen LogP contribution >= 0.6 is 11.3 Å². The Bertz CT molecular complexity index is 416. The Kier molecular flexibility index (Phi) is 6.95. The third kappa shape index (κ3) is 5.65. The van der Waals surface area contributed by atoms with Crippen LogP contribution in [-0.4, -0.2) is 56.5 Å². The van der Waals surface area contributed by atoms with Crippen LogP contribution in [0.3, 0.4) is 0 Å².